The minimum absolute atomic E-state index is 0.00707. The number of fused-ring (bicyclic) bond motifs is 15. The van der Waals surface area contributed by atoms with E-state index in [0.29, 0.717) is 52.7 Å². The number of carbonyl (C=O) groups is 4. The molecule has 4 heteroatoms. The summed E-state index contributed by atoms with van der Waals surface area (Å²) in [5.41, 5.74) is 8.61. The molecule has 0 amide bonds. The van der Waals surface area contributed by atoms with Gasteiger partial charge in [0.25, 0.3) is 0 Å². The molecule has 0 aliphatic heterocycles. The number of carbonyl (C=O) groups excluding carboxylic acids is 4. The fourth-order valence-corrected chi connectivity index (χ4v) is 17.7. The molecule has 0 aromatic rings. The highest BCUT2D eigenvalue weighted by molar-refractivity contribution is 6.02. The van der Waals surface area contributed by atoms with Crippen LogP contribution in [0, 0.1) is 87.3 Å². The third-order valence-electron chi connectivity index (χ3n) is 21.1. The summed E-state index contributed by atoms with van der Waals surface area (Å²) in [5, 5.41) is 0. The largest absolute Gasteiger partial charge is 0.299 e. The zero-order chi connectivity index (χ0) is 42.6. The maximum absolute atomic E-state index is 12.5. The molecule has 328 valence electrons. The molecule has 12 rings (SSSR count). The van der Waals surface area contributed by atoms with Gasteiger partial charge in [0.05, 0.1) is 0 Å². The molecule has 0 saturated heterocycles. The van der Waals surface area contributed by atoms with Crippen molar-refractivity contribution in [3.63, 3.8) is 0 Å². The van der Waals surface area contributed by atoms with Gasteiger partial charge in [-0.1, -0.05) is 68.4 Å². The van der Waals surface area contributed by atoms with Crippen molar-refractivity contribution in [2.24, 2.45) is 87.3 Å². The van der Waals surface area contributed by atoms with Crippen LogP contribution in [0.1, 0.15) is 169 Å². The molecule has 0 radical (unpaired) electrons. The van der Waals surface area contributed by atoms with Crippen LogP contribution < -0.4 is 0 Å². The van der Waals surface area contributed by atoms with E-state index in [9.17, 15) is 19.2 Å². The minimum Gasteiger partial charge on any atom is -0.299 e. The Labute approximate surface area is 368 Å². The SMILES string of the molecule is C=C1CC2[C@@H]3CC=C4C=C(C)CC[C@@H]4C3CC[C@]2(C)C1=O.CC1=CC2=CC[C@@H]3C(CC[C@]4(C)C(=O)CCC34)[C@H]2CC1.C[C@]12CCC3[C@@H](CCC4=CC(=O)CC[C@@H]43)C1CCC2=O. The summed E-state index contributed by atoms with van der Waals surface area (Å²) >= 11 is 0. The van der Waals surface area contributed by atoms with Gasteiger partial charge in [-0.3, -0.25) is 19.2 Å². The van der Waals surface area contributed by atoms with Crippen molar-refractivity contribution in [2.75, 3.05) is 0 Å². The van der Waals surface area contributed by atoms with Crippen molar-refractivity contribution in [1.82, 2.24) is 0 Å². The number of allylic oxidation sites excluding steroid dienone is 10. The first-order valence-corrected chi connectivity index (χ1v) is 25.5. The van der Waals surface area contributed by atoms with E-state index in [0.717, 1.165) is 111 Å². The lowest BCUT2D eigenvalue weighted by molar-refractivity contribution is -0.131. The summed E-state index contributed by atoms with van der Waals surface area (Å²) in [6, 6.07) is 0. The van der Waals surface area contributed by atoms with Crippen molar-refractivity contribution in [3.05, 3.63) is 70.4 Å². The average molecular weight is 825 g/mol. The zero-order valence-corrected chi connectivity index (χ0v) is 38.5. The molecule has 7 fully saturated rings. The van der Waals surface area contributed by atoms with Crippen LogP contribution >= 0.6 is 0 Å². The van der Waals surface area contributed by atoms with Gasteiger partial charge in [-0.25, -0.2) is 0 Å². The lowest BCUT2D eigenvalue weighted by Gasteiger charge is -2.52. The fourth-order valence-electron chi connectivity index (χ4n) is 17.7. The molecule has 0 aromatic carbocycles. The highest BCUT2D eigenvalue weighted by Crippen LogP contribution is 2.63. The molecule has 4 nitrogen and oxygen atoms in total. The zero-order valence-electron chi connectivity index (χ0n) is 38.5. The predicted octanol–water partition coefficient (Wildman–Crippen LogP) is 13.2. The smallest absolute Gasteiger partial charge is 0.164 e. The average Bonchev–Trinajstić information content (AvgIpc) is 3.82. The summed E-state index contributed by atoms with van der Waals surface area (Å²) in [4.78, 5) is 48.8. The van der Waals surface area contributed by atoms with Gasteiger partial charge in [0.15, 0.2) is 11.6 Å². The Morgan fingerprint density at radius 2 is 0.984 bits per heavy atom. The Bertz CT molecular complexity index is 2050. The van der Waals surface area contributed by atoms with Crippen LogP contribution in [-0.4, -0.2) is 23.1 Å². The van der Waals surface area contributed by atoms with Crippen LogP contribution in [0.5, 0.6) is 0 Å². The standard InChI is InChI=1S/C20H26O.C19H26O.C18H24O2/c1-12-4-6-15-14(10-12)5-7-17-16(15)8-9-20(3)18(17)11-13(2)19(20)21;1-12-3-5-14-13(11-12)4-6-16-15(14)9-10-19(2)17(16)7-8-18(19)20;1-18-9-8-14-13-5-3-12(19)10-11(13)2-4-15(14)16(18)6-7-17(18)20/h5,10,15-18H,2,4,6-9,11H2,1,3H3;4,11,14-17H,3,5-10H2,1-2H3;10,13-16H,2-9H2,1H3/t15-,16?,17+,18?,20-;14-,15?,16+,17?,19-;13-,14?,15+,16?,18-/m000/s1. The first-order valence-electron chi connectivity index (χ1n) is 25.5. The summed E-state index contributed by atoms with van der Waals surface area (Å²) < 4.78 is 0. The first-order chi connectivity index (χ1) is 29.2. The Morgan fingerprint density at radius 1 is 0.492 bits per heavy atom. The molecule has 61 heavy (non-hydrogen) atoms. The van der Waals surface area contributed by atoms with Gasteiger partial charge in [0, 0.05) is 35.5 Å². The Kier molecular flexibility index (Phi) is 10.8. The summed E-state index contributed by atoms with van der Waals surface area (Å²) in [6.45, 7) is 15.3. The molecular formula is C57H76O4. The van der Waals surface area contributed by atoms with E-state index in [1.54, 1.807) is 22.3 Å². The lowest BCUT2D eigenvalue weighted by Crippen LogP contribution is -2.46. The number of Topliss-reactive ketones (excluding diaryl/α,β-unsaturated/α-hetero) is 3. The predicted molar refractivity (Wildman–Crippen MR) is 244 cm³/mol. The Balaban J connectivity index is 0.000000110. The van der Waals surface area contributed by atoms with Crippen LogP contribution in [0.15, 0.2) is 70.4 Å². The second-order valence-corrected chi connectivity index (χ2v) is 23.8. The molecule has 6 unspecified atom stereocenters. The van der Waals surface area contributed by atoms with Gasteiger partial charge in [-0.05, 0) is 223 Å². The number of rotatable bonds is 0. The maximum atomic E-state index is 12.5. The van der Waals surface area contributed by atoms with Gasteiger partial charge in [0.1, 0.15) is 11.6 Å². The van der Waals surface area contributed by atoms with E-state index in [1.807, 2.05) is 6.08 Å². The van der Waals surface area contributed by atoms with Gasteiger partial charge in [-0.2, -0.15) is 0 Å². The van der Waals surface area contributed by atoms with Gasteiger partial charge >= 0.3 is 0 Å². The van der Waals surface area contributed by atoms with Gasteiger partial charge < -0.3 is 0 Å². The monoisotopic (exact) mass is 825 g/mol. The van der Waals surface area contributed by atoms with Crippen molar-refractivity contribution >= 4 is 23.1 Å². The molecule has 0 bridgehead atoms. The number of hydrogen-bond donors (Lipinski definition) is 0. The van der Waals surface area contributed by atoms with E-state index in [4.69, 9.17) is 0 Å². The van der Waals surface area contributed by atoms with E-state index >= 15 is 0 Å². The van der Waals surface area contributed by atoms with Crippen molar-refractivity contribution < 1.29 is 19.2 Å². The van der Waals surface area contributed by atoms with Crippen LogP contribution in [0.3, 0.4) is 0 Å². The first kappa shape index (κ1) is 42.1. The topological polar surface area (TPSA) is 68.3 Å². The molecule has 15 atom stereocenters. The molecule has 0 heterocycles. The molecule has 0 aromatic heterocycles. The van der Waals surface area contributed by atoms with Crippen LogP contribution in [0.2, 0.25) is 0 Å². The molecule has 0 spiro atoms. The van der Waals surface area contributed by atoms with E-state index in [1.165, 1.54) is 76.2 Å². The molecule has 7 saturated carbocycles. The Morgan fingerprint density at radius 3 is 1.56 bits per heavy atom. The molecule has 12 aliphatic carbocycles. The maximum Gasteiger partial charge on any atom is 0.164 e. The van der Waals surface area contributed by atoms with Crippen LogP contribution in [0.4, 0.5) is 0 Å². The molecular weight excluding hydrogens is 749 g/mol. The van der Waals surface area contributed by atoms with Crippen molar-refractivity contribution in [2.45, 2.75) is 169 Å². The van der Waals surface area contributed by atoms with Crippen molar-refractivity contribution in [3.8, 4) is 0 Å². The molecule has 0 N–H and O–H groups in total. The van der Waals surface area contributed by atoms with Gasteiger partial charge in [-0.15, -0.1) is 0 Å². The second-order valence-electron chi connectivity index (χ2n) is 23.8. The Hall–Kier alpha value is -2.88. The molecule has 12 aliphatic rings. The van der Waals surface area contributed by atoms with E-state index in [-0.39, 0.29) is 16.2 Å². The summed E-state index contributed by atoms with van der Waals surface area (Å²) in [6.07, 6.45) is 35.6. The number of ketones is 4. The summed E-state index contributed by atoms with van der Waals surface area (Å²) in [5.74, 6) is 10.6. The summed E-state index contributed by atoms with van der Waals surface area (Å²) in [7, 11) is 0. The fraction of sp³-hybridized carbons (Fsp3) is 0.719. The van der Waals surface area contributed by atoms with Gasteiger partial charge in [0.2, 0.25) is 0 Å². The van der Waals surface area contributed by atoms with Crippen molar-refractivity contribution in [1.29, 1.82) is 0 Å². The lowest BCUT2D eigenvalue weighted by atomic mass is 9.52. The third-order valence-corrected chi connectivity index (χ3v) is 21.1. The normalized spacial score (nSPS) is 46.6. The minimum atomic E-state index is -0.0932. The number of hydrogen-bond acceptors (Lipinski definition) is 4. The quantitative estimate of drug-likeness (QED) is 0.228. The highest BCUT2D eigenvalue weighted by Gasteiger charge is 2.59. The third kappa shape index (κ3) is 6.85. The van der Waals surface area contributed by atoms with E-state index < -0.39 is 0 Å². The highest BCUT2D eigenvalue weighted by atomic mass is 16.1. The van der Waals surface area contributed by atoms with Crippen LogP contribution in [-0.2, 0) is 19.2 Å². The van der Waals surface area contributed by atoms with Crippen LogP contribution in [0.25, 0.3) is 0 Å². The second kappa shape index (κ2) is 15.7. The van der Waals surface area contributed by atoms with E-state index in [2.05, 4.69) is 65.5 Å².